The molecule has 1 heterocycles. The number of nitrogens with zero attached hydrogens (tertiary/aromatic N) is 2. The highest BCUT2D eigenvalue weighted by Crippen LogP contribution is 2.26. The van der Waals surface area contributed by atoms with Crippen LogP contribution in [0, 0.1) is 0 Å². The van der Waals surface area contributed by atoms with Crippen molar-refractivity contribution >= 4 is 23.4 Å². The molecule has 5 N–H and O–H groups in total. The number of anilines is 2. The van der Waals surface area contributed by atoms with Crippen LogP contribution in [0.4, 0.5) is 16.2 Å². The Hall–Kier alpha value is -2.48. The average molecular weight is 390 g/mol. The van der Waals surface area contributed by atoms with E-state index in [9.17, 15) is 9.59 Å². The Bertz CT molecular complexity index is 703. The fourth-order valence-corrected chi connectivity index (χ4v) is 3.99. The van der Waals surface area contributed by atoms with Gasteiger partial charge in [0.05, 0.1) is 18.5 Å². The van der Waals surface area contributed by atoms with Crippen LogP contribution in [0.25, 0.3) is 0 Å². The molecule has 8 heteroatoms. The van der Waals surface area contributed by atoms with Crippen LogP contribution < -0.4 is 21.7 Å². The van der Waals surface area contributed by atoms with Gasteiger partial charge in [-0.25, -0.2) is 4.79 Å². The van der Waals surface area contributed by atoms with Crippen LogP contribution in [0.15, 0.2) is 18.2 Å². The normalized spacial score (nSPS) is 23.1. The topological polar surface area (TPSA) is 114 Å². The van der Waals surface area contributed by atoms with Crippen LogP contribution in [0.3, 0.4) is 0 Å². The van der Waals surface area contributed by atoms with E-state index < -0.39 is 0 Å². The van der Waals surface area contributed by atoms with Crippen LogP contribution in [0.1, 0.15) is 42.5 Å². The summed E-state index contributed by atoms with van der Waals surface area (Å²) in [6, 6.07) is 5.89. The highest BCUT2D eigenvalue weighted by molar-refractivity contribution is 5.96. The number of carbonyl (C=O) groups is 2. The molecular weight excluding hydrogens is 358 g/mol. The third kappa shape index (κ3) is 4.86. The molecule has 154 valence electrons. The van der Waals surface area contributed by atoms with Gasteiger partial charge in [0.25, 0.3) is 5.91 Å². The largest absolute Gasteiger partial charge is 0.453 e. The molecule has 1 aromatic carbocycles. The predicted octanol–water partition coefficient (Wildman–Crippen LogP) is 1.55. The first-order valence-corrected chi connectivity index (χ1v) is 10.0. The van der Waals surface area contributed by atoms with Gasteiger partial charge >= 0.3 is 6.09 Å². The number of ether oxygens (including phenoxy) is 1. The maximum Gasteiger partial charge on any atom is 0.409 e. The van der Waals surface area contributed by atoms with Gasteiger partial charge in [-0.15, -0.1) is 0 Å². The van der Waals surface area contributed by atoms with Crippen molar-refractivity contribution in [2.75, 3.05) is 43.9 Å². The molecule has 0 radical (unpaired) electrons. The van der Waals surface area contributed by atoms with Crippen molar-refractivity contribution in [1.29, 1.82) is 0 Å². The molecule has 1 saturated heterocycles. The molecule has 2 aliphatic rings. The van der Waals surface area contributed by atoms with Gasteiger partial charge in [0.2, 0.25) is 0 Å². The summed E-state index contributed by atoms with van der Waals surface area (Å²) in [5.74, 6) is -0.0912. The van der Waals surface area contributed by atoms with Gasteiger partial charge in [-0.05, 0) is 50.3 Å². The SMILES string of the molecule is COC(=O)N1CCCN(c2ccc(C(=O)NC3CCC(N)CC3)cc2N)CC1. The number of benzene rings is 1. The Morgan fingerprint density at radius 2 is 1.86 bits per heavy atom. The second kappa shape index (κ2) is 9.14. The number of amides is 2. The Morgan fingerprint density at radius 1 is 1.11 bits per heavy atom. The van der Waals surface area contributed by atoms with Crippen molar-refractivity contribution in [3.63, 3.8) is 0 Å². The molecule has 0 unspecified atom stereocenters. The van der Waals surface area contributed by atoms with E-state index in [4.69, 9.17) is 16.2 Å². The molecule has 1 aliphatic carbocycles. The fourth-order valence-electron chi connectivity index (χ4n) is 3.99. The van der Waals surface area contributed by atoms with Gasteiger partial charge in [0.1, 0.15) is 0 Å². The van der Waals surface area contributed by atoms with Crippen LogP contribution in [-0.2, 0) is 4.74 Å². The van der Waals surface area contributed by atoms with Crippen molar-refractivity contribution in [3.8, 4) is 0 Å². The van der Waals surface area contributed by atoms with Gasteiger partial charge in [-0.2, -0.15) is 0 Å². The lowest BCUT2D eigenvalue weighted by Gasteiger charge is -2.27. The molecule has 3 rings (SSSR count). The van der Waals surface area contributed by atoms with E-state index in [1.165, 1.54) is 7.11 Å². The third-order valence-corrected chi connectivity index (χ3v) is 5.67. The van der Waals surface area contributed by atoms with Gasteiger partial charge in [-0.3, -0.25) is 4.79 Å². The number of nitrogen functional groups attached to an aromatic ring is 1. The highest BCUT2D eigenvalue weighted by Gasteiger charge is 2.23. The molecule has 0 bridgehead atoms. The van der Waals surface area contributed by atoms with Crippen molar-refractivity contribution in [2.45, 2.75) is 44.2 Å². The first kappa shape index (κ1) is 20.3. The highest BCUT2D eigenvalue weighted by atomic mass is 16.5. The zero-order chi connectivity index (χ0) is 20.1. The fraction of sp³-hybridized carbons (Fsp3) is 0.600. The summed E-state index contributed by atoms with van der Waals surface area (Å²) >= 11 is 0. The minimum atomic E-state index is -0.300. The van der Waals surface area contributed by atoms with Gasteiger partial charge in [0.15, 0.2) is 0 Å². The minimum absolute atomic E-state index is 0.0912. The summed E-state index contributed by atoms with van der Waals surface area (Å²) in [6.45, 7) is 2.71. The van der Waals surface area contributed by atoms with Gasteiger partial charge in [-0.1, -0.05) is 0 Å². The van der Waals surface area contributed by atoms with Crippen LogP contribution in [-0.4, -0.2) is 62.3 Å². The standard InChI is InChI=1S/C20H31N5O3/c1-28-20(27)25-10-2-9-24(11-12-25)18-8-3-14(13-17(18)22)19(26)23-16-6-4-15(21)5-7-16/h3,8,13,15-16H,2,4-7,9-12,21-22H2,1H3,(H,23,26). The maximum atomic E-state index is 12.6. The summed E-state index contributed by atoms with van der Waals surface area (Å²) < 4.78 is 4.81. The maximum absolute atomic E-state index is 12.6. The zero-order valence-corrected chi connectivity index (χ0v) is 16.5. The Kier molecular flexibility index (Phi) is 6.61. The van der Waals surface area contributed by atoms with Crippen molar-refractivity contribution < 1.29 is 14.3 Å². The average Bonchev–Trinajstić information content (AvgIpc) is 2.95. The summed E-state index contributed by atoms with van der Waals surface area (Å²) in [5.41, 5.74) is 14.2. The lowest BCUT2D eigenvalue weighted by molar-refractivity contribution is 0.0925. The summed E-state index contributed by atoms with van der Waals surface area (Å²) in [4.78, 5) is 28.2. The van der Waals surface area contributed by atoms with E-state index in [0.717, 1.165) is 44.3 Å². The number of rotatable bonds is 3. The molecule has 1 aliphatic heterocycles. The number of hydrogen-bond donors (Lipinski definition) is 3. The minimum Gasteiger partial charge on any atom is -0.453 e. The number of carbonyl (C=O) groups excluding carboxylic acids is 2. The number of nitrogens with two attached hydrogens (primary N) is 2. The molecule has 2 fully saturated rings. The first-order valence-electron chi connectivity index (χ1n) is 10.0. The number of methoxy groups -OCH3 is 1. The molecule has 1 saturated carbocycles. The number of nitrogens with one attached hydrogen (secondary N) is 1. The van der Waals surface area contributed by atoms with E-state index in [1.807, 2.05) is 12.1 Å². The van der Waals surface area contributed by atoms with E-state index in [-0.39, 0.29) is 24.1 Å². The smallest absolute Gasteiger partial charge is 0.409 e. The molecule has 2 amide bonds. The first-order chi connectivity index (χ1) is 13.5. The lowest BCUT2D eigenvalue weighted by atomic mass is 9.91. The summed E-state index contributed by atoms with van der Waals surface area (Å²) in [6.07, 6.45) is 4.27. The van der Waals surface area contributed by atoms with E-state index >= 15 is 0 Å². The Morgan fingerprint density at radius 3 is 2.54 bits per heavy atom. The zero-order valence-electron chi connectivity index (χ0n) is 16.5. The molecule has 0 atom stereocenters. The molecule has 1 aromatic rings. The van der Waals surface area contributed by atoms with E-state index in [2.05, 4.69) is 10.2 Å². The Labute approximate surface area is 166 Å². The monoisotopic (exact) mass is 389 g/mol. The molecule has 28 heavy (non-hydrogen) atoms. The summed E-state index contributed by atoms with van der Waals surface area (Å²) in [5, 5.41) is 3.09. The second-order valence-electron chi connectivity index (χ2n) is 7.66. The van der Waals surface area contributed by atoms with Crippen molar-refractivity contribution in [3.05, 3.63) is 23.8 Å². The third-order valence-electron chi connectivity index (χ3n) is 5.67. The summed E-state index contributed by atoms with van der Waals surface area (Å²) in [7, 11) is 1.40. The van der Waals surface area contributed by atoms with Crippen LogP contribution in [0.2, 0.25) is 0 Å². The molecule has 0 aromatic heterocycles. The number of hydrogen-bond acceptors (Lipinski definition) is 6. The van der Waals surface area contributed by atoms with Crippen LogP contribution in [0.5, 0.6) is 0 Å². The molecule has 8 nitrogen and oxygen atoms in total. The van der Waals surface area contributed by atoms with Crippen molar-refractivity contribution in [1.82, 2.24) is 10.2 Å². The van der Waals surface area contributed by atoms with Gasteiger partial charge in [0, 0.05) is 43.8 Å². The molecule has 0 spiro atoms. The van der Waals surface area contributed by atoms with Crippen LogP contribution >= 0.6 is 0 Å². The van der Waals surface area contributed by atoms with Gasteiger partial charge < -0.3 is 31.3 Å². The lowest BCUT2D eigenvalue weighted by Crippen LogP contribution is -2.40. The Balaban J connectivity index is 1.62. The predicted molar refractivity (Wildman–Crippen MR) is 109 cm³/mol. The van der Waals surface area contributed by atoms with E-state index in [1.54, 1.807) is 11.0 Å². The molecular formula is C20H31N5O3. The van der Waals surface area contributed by atoms with Crippen molar-refractivity contribution in [2.24, 2.45) is 5.73 Å². The second-order valence-corrected chi connectivity index (χ2v) is 7.66. The quantitative estimate of drug-likeness (QED) is 0.676. The van der Waals surface area contributed by atoms with E-state index in [0.29, 0.717) is 30.9 Å².